The molecule has 0 amide bonds. The van der Waals surface area contributed by atoms with Crippen LogP contribution in [0.2, 0.25) is 0 Å². The summed E-state index contributed by atoms with van der Waals surface area (Å²) >= 11 is 0. The lowest BCUT2D eigenvalue weighted by molar-refractivity contribution is 0.394. The molecule has 0 aliphatic rings. The van der Waals surface area contributed by atoms with Crippen molar-refractivity contribution < 1.29 is 9.47 Å². The molecule has 0 fully saturated rings. The summed E-state index contributed by atoms with van der Waals surface area (Å²) in [5.74, 6) is 1.42. The monoisotopic (exact) mass is 418 g/mol. The zero-order valence-electron chi connectivity index (χ0n) is 18.1. The summed E-state index contributed by atoms with van der Waals surface area (Å²) in [5.41, 5.74) is 11.4. The fraction of sp³-hybridized carbons (Fsp3) is 0.261. The largest absolute Gasteiger partial charge is 0.497 e. The van der Waals surface area contributed by atoms with E-state index in [9.17, 15) is 0 Å². The molecular formula is C23H26N6O2. The molecule has 4 rings (SSSR count). The lowest BCUT2D eigenvalue weighted by Gasteiger charge is -2.27. The Kier molecular flexibility index (Phi) is 5.73. The van der Waals surface area contributed by atoms with E-state index in [0.717, 1.165) is 33.7 Å². The highest BCUT2D eigenvalue weighted by Gasteiger charge is 2.16. The molecule has 2 heterocycles. The van der Waals surface area contributed by atoms with Crippen molar-refractivity contribution in [3.05, 3.63) is 55.0 Å². The maximum absolute atomic E-state index is 6.18. The van der Waals surface area contributed by atoms with Gasteiger partial charge in [-0.15, -0.1) is 0 Å². The number of aromatic nitrogens is 4. The van der Waals surface area contributed by atoms with Crippen LogP contribution in [0.15, 0.2) is 55.0 Å². The molecule has 0 aliphatic heterocycles. The van der Waals surface area contributed by atoms with Gasteiger partial charge in [0.1, 0.15) is 11.5 Å². The zero-order chi connectivity index (χ0) is 22.0. The second kappa shape index (κ2) is 8.61. The summed E-state index contributed by atoms with van der Waals surface area (Å²) in [6.07, 6.45) is 5.47. The predicted molar refractivity (Wildman–Crippen MR) is 122 cm³/mol. The van der Waals surface area contributed by atoms with Crippen molar-refractivity contribution in [1.82, 2.24) is 19.7 Å². The minimum Gasteiger partial charge on any atom is -0.497 e. The third kappa shape index (κ3) is 4.44. The van der Waals surface area contributed by atoms with Gasteiger partial charge in [0.25, 0.3) is 0 Å². The Balaban J connectivity index is 1.80. The van der Waals surface area contributed by atoms with Gasteiger partial charge in [0, 0.05) is 61.0 Å². The van der Waals surface area contributed by atoms with E-state index in [1.807, 2.05) is 56.6 Å². The molecule has 0 saturated heterocycles. The zero-order valence-corrected chi connectivity index (χ0v) is 18.1. The van der Waals surface area contributed by atoms with Crippen LogP contribution in [0.25, 0.3) is 22.3 Å². The van der Waals surface area contributed by atoms with Gasteiger partial charge in [-0.05, 0) is 25.1 Å². The number of benzene rings is 2. The van der Waals surface area contributed by atoms with E-state index in [2.05, 4.69) is 15.0 Å². The van der Waals surface area contributed by atoms with Gasteiger partial charge in [-0.2, -0.15) is 5.10 Å². The van der Waals surface area contributed by atoms with Crippen molar-refractivity contribution in [2.75, 3.05) is 25.7 Å². The first-order chi connectivity index (χ1) is 15.0. The van der Waals surface area contributed by atoms with Gasteiger partial charge >= 0.3 is 0 Å². The van der Waals surface area contributed by atoms with Crippen molar-refractivity contribution in [2.24, 2.45) is 12.8 Å². The fourth-order valence-corrected chi connectivity index (χ4v) is 3.46. The molecule has 0 aliphatic carbocycles. The fourth-order valence-electron chi connectivity index (χ4n) is 3.46. The number of fused-ring (bicyclic) bond motifs is 1. The van der Waals surface area contributed by atoms with Crippen LogP contribution in [0.5, 0.6) is 11.5 Å². The molecular weight excluding hydrogens is 392 g/mol. The van der Waals surface area contributed by atoms with Gasteiger partial charge < -0.3 is 20.1 Å². The van der Waals surface area contributed by atoms with Crippen LogP contribution in [-0.2, 0) is 7.05 Å². The smallest absolute Gasteiger partial charge is 0.124 e. The minimum atomic E-state index is -0.0549. The van der Waals surface area contributed by atoms with Crippen LogP contribution < -0.4 is 20.1 Å². The van der Waals surface area contributed by atoms with Crippen LogP contribution in [0.3, 0.4) is 0 Å². The Bertz CT molecular complexity index is 1180. The van der Waals surface area contributed by atoms with Gasteiger partial charge in [-0.25, -0.2) is 4.98 Å². The van der Waals surface area contributed by atoms with Crippen molar-refractivity contribution >= 4 is 22.4 Å². The highest BCUT2D eigenvalue weighted by atomic mass is 16.5. The molecule has 0 radical (unpaired) electrons. The van der Waals surface area contributed by atoms with Gasteiger partial charge in [0.05, 0.1) is 43.3 Å². The van der Waals surface area contributed by atoms with Crippen molar-refractivity contribution in [1.29, 1.82) is 0 Å². The van der Waals surface area contributed by atoms with Gasteiger partial charge in [-0.3, -0.25) is 9.67 Å². The number of ether oxygens (including phenoxy) is 2. The number of nitrogens with two attached hydrogens (primary N) is 1. The average Bonchev–Trinajstić information content (AvgIpc) is 3.22. The number of anilines is 2. The maximum atomic E-state index is 6.18. The quantitative estimate of drug-likeness (QED) is 0.491. The molecule has 8 nitrogen and oxygen atoms in total. The number of nitrogens with zero attached hydrogens (tertiary/aromatic N) is 5. The summed E-state index contributed by atoms with van der Waals surface area (Å²) in [6, 6.07) is 11.7. The number of rotatable bonds is 7. The molecule has 2 aromatic heterocycles. The Labute approximate surface area is 181 Å². The Morgan fingerprint density at radius 2 is 1.74 bits per heavy atom. The van der Waals surface area contributed by atoms with E-state index in [0.29, 0.717) is 18.0 Å². The van der Waals surface area contributed by atoms with E-state index in [4.69, 9.17) is 20.2 Å². The van der Waals surface area contributed by atoms with Crippen LogP contribution in [-0.4, -0.2) is 46.6 Å². The summed E-state index contributed by atoms with van der Waals surface area (Å²) in [6.45, 7) is 2.59. The van der Waals surface area contributed by atoms with Crippen molar-refractivity contribution in [3.8, 4) is 22.8 Å². The van der Waals surface area contributed by atoms with E-state index in [1.165, 1.54) is 0 Å². The van der Waals surface area contributed by atoms with E-state index in [1.54, 1.807) is 31.3 Å². The molecule has 0 saturated carbocycles. The van der Waals surface area contributed by atoms with Gasteiger partial charge in [-0.1, -0.05) is 0 Å². The molecule has 2 aromatic carbocycles. The molecule has 2 N–H and O–H groups in total. The number of hydrogen-bond acceptors (Lipinski definition) is 7. The highest BCUT2D eigenvalue weighted by molar-refractivity contribution is 5.82. The SMILES string of the molecule is COc1cc(OC)cc(N(C[C@@H](C)N)c2ccc3ncc(-c4cnn(C)c4)nc3c2)c1. The first kappa shape index (κ1) is 20.6. The molecule has 0 unspecified atom stereocenters. The van der Waals surface area contributed by atoms with Crippen LogP contribution in [0.1, 0.15) is 6.92 Å². The first-order valence-corrected chi connectivity index (χ1v) is 9.99. The van der Waals surface area contributed by atoms with E-state index < -0.39 is 0 Å². The third-order valence-corrected chi connectivity index (χ3v) is 4.96. The van der Waals surface area contributed by atoms with E-state index >= 15 is 0 Å². The number of aryl methyl sites for hydroxylation is 1. The minimum absolute atomic E-state index is 0.0549. The van der Waals surface area contributed by atoms with Crippen LogP contribution >= 0.6 is 0 Å². The Morgan fingerprint density at radius 1 is 1.00 bits per heavy atom. The second-order valence-electron chi connectivity index (χ2n) is 7.49. The standard InChI is InChI=1S/C23H26N6O2/c1-15(24)13-29(18-7-19(30-3)10-20(8-18)31-4)17-5-6-21-22(9-17)27-23(12-25-21)16-11-26-28(2)14-16/h5-12,14-15H,13,24H2,1-4H3/t15-/m1/s1. The summed E-state index contributed by atoms with van der Waals surface area (Å²) in [7, 11) is 5.16. The van der Waals surface area contributed by atoms with Gasteiger partial charge in [0.2, 0.25) is 0 Å². The molecule has 31 heavy (non-hydrogen) atoms. The summed E-state index contributed by atoms with van der Waals surface area (Å²) < 4.78 is 12.7. The lowest BCUT2D eigenvalue weighted by Crippen LogP contribution is -2.32. The molecule has 8 heteroatoms. The van der Waals surface area contributed by atoms with E-state index in [-0.39, 0.29) is 6.04 Å². The molecule has 0 spiro atoms. The average molecular weight is 419 g/mol. The summed E-state index contributed by atoms with van der Waals surface area (Å²) in [4.78, 5) is 11.5. The number of methoxy groups -OCH3 is 2. The summed E-state index contributed by atoms with van der Waals surface area (Å²) in [5, 5.41) is 4.23. The first-order valence-electron chi connectivity index (χ1n) is 9.99. The number of hydrogen-bond donors (Lipinski definition) is 1. The predicted octanol–water partition coefficient (Wildman–Crippen LogP) is 3.53. The van der Waals surface area contributed by atoms with Crippen LogP contribution in [0.4, 0.5) is 11.4 Å². The highest BCUT2D eigenvalue weighted by Crippen LogP contribution is 2.34. The molecule has 160 valence electrons. The van der Waals surface area contributed by atoms with Crippen molar-refractivity contribution in [2.45, 2.75) is 13.0 Å². The van der Waals surface area contributed by atoms with Gasteiger partial charge in [0.15, 0.2) is 0 Å². The molecule has 4 aromatic rings. The van der Waals surface area contributed by atoms with Crippen LogP contribution in [0, 0.1) is 0 Å². The topological polar surface area (TPSA) is 91.3 Å². The normalized spacial score (nSPS) is 12.0. The lowest BCUT2D eigenvalue weighted by atomic mass is 10.1. The van der Waals surface area contributed by atoms with Crippen molar-refractivity contribution in [3.63, 3.8) is 0 Å². The Hall–Kier alpha value is -3.65. The third-order valence-electron chi connectivity index (χ3n) is 4.96. The molecule has 0 bridgehead atoms. The maximum Gasteiger partial charge on any atom is 0.124 e. The Morgan fingerprint density at radius 3 is 2.35 bits per heavy atom. The molecule has 1 atom stereocenters. The second-order valence-corrected chi connectivity index (χ2v) is 7.49.